The number of rotatable bonds is 8. The Kier molecular flexibility index (Phi) is 8.90. The molecule has 0 saturated heterocycles. The zero-order valence-corrected chi connectivity index (χ0v) is 17.5. The van der Waals surface area contributed by atoms with Crippen LogP contribution in [-0.4, -0.2) is 47.4 Å². The zero-order valence-electron chi connectivity index (χ0n) is 15.9. The first kappa shape index (κ1) is 23.9. The Labute approximate surface area is 171 Å². The van der Waals surface area contributed by atoms with Crippen molar-refractivity contribution in [3.63, 3.8) is 0 Å². The first-order valence-electron chi connectivity index (χ1n) is 8.25. The number of benzene rings is 2. The van der Waals surface area contributed by atoms with Crippen molar-refractivity contribution in [2.24, 2.45) is 5.73 Å². The third-order valence-electron chi connectivity index (χ3n) is 4.04. The molecule has 7 nitrogen and oxygen atoms in total. The Hall–Kier alpha value is -2.13. The molecule has 0 aromatic heterocycles. The number of nitrogens with two attached hydrogens (primary N) is 1. The maximum atomic E-state index is 12.4. The van der Waals surface area contributed by atoms with E-state index in [0.717, 1.165) is 11.8 Å². The number of hydrogen-bond acceptors (Lipinski definition) is 6. The van der Waals surface area contributed by atoms with Gasteiger partial charge in [-0.2, -0.15) is 0 Å². The lowest BCUT2D eigenvalue weighted by Crippen LogP contribution is -2.45. The van der Waals surface area contributed by atoms with Crippen LogP contribution in [0.3, 0.4) is 0 Å². The summed E-state index contributed by atoms with van der Waals surface area (Å²) in [5, 5.41) is 2.87. The topological polar surface area (TPSA) is 108 Å². The summed E-state index contributed by atoms with van der Waals surface area (Å²) in [6, 6.07) is 12.2. The first-order valence-corrected chi connectivity index (χ1v) is 10.1. The molecule has 154 valence electrons. The normalized spacial score (nSPS) is 13.1. The van der Waals surface area contributed by atoms with Crippen molar-refractivity contribution in [1.82, 2.24) is 5.32 Å². The van der Waals surface area contributed by atoms with Crippen LogP contribution in [0.5, 0.6) is 5.75 Å². The van der Waals surface area contributed by atoms with Gasteiger partial charge in [0.15, 0.2) is 9.84 Å². The van der Waals surface area contributed by atoms with E-state index in [1.807, 2.05) is 0 Å². The average Bonchev–Trinajstić information content (AvgIpc) is 2.65. The fourth-order valence-corrected chi connectivity index (χ4v) is 3.26. The van der Waals surface area contributed by atoms with Gasteiger partial charge >= 0.3 is 0 Å². The molecule has 0 fully saturated rings. The molecule has 0 saturated carbocycles. The minimum Gasteiger partial charge on any atom is -0.497 e. The Balaban J connectivity index is 0.00000392. The highest BCUT2D eigenvalue weighted by molar-refractivity contribution is 7.90. The molecule has 2 aromatic rings. The van der Waals surface area contributed by atoms with Crippen LogP contribution in [0.1, 0.15) is 17.2 Å². The largest absolute Gasteiger partial charge is 0.497 e. The highest BCUT2D eigenvalue weighted by Gasteiger charge is 2.22. The summed E-state index contributed by atoms with van der Waals surface area (Å²) in [6.45, 7) is 0.0740. The van der Waals surface area contributed by atoms with Gasteiger partial charge in [0.25, 0.3) is 0 Å². The molecule has 3 N–H and O–H groups in total. The van der Waals surface area contributed by atoms with Gasteiger partial charge in [-0.15, -0.1) is 12.4 Å². The van der Waals surface area contributed by atoms with Crippen molar-refractivity contribution in [1.29, 1.82) is 0 Å². The number of carbonyl (C=O) groups excluding carboxylic acids is 1. The molecule has 0 aliphatic carbocycles. The third kappa shape index (κ3) is 6.20. The lowest BCUT2D eigenvalue weighted by atomic mass is 9.98. The fourth-order valence-electron chi connectivity index (χ4n) is 2.58. The van der Waals surface area contributed by atoms with Crippen LogP contribution in [0.2, 0.25) is 0 Å². The molecule has 2 aromatic carbocycles. The van der Waals surface area contributed by atoms with E-state index < -0.39 is 27.8 Å². The molecular weight excluding hydrogens is 404 g/mol. The second-order valence-corrected chi connectivity index (χ2v) is 8.14. The lowest BCUT2D eigenvalue weighted by Gasteiger charge is -2.22. The highest BCUT2D eigenvalue weighted by atomic mass is 35.5. The Morgan fingerprint density at radius 3 is 2.29 bits per heavy atom. The van der Waals surface area contributed by atoms with Gasteiger partial charge in [-0.1, -0.05) is 24.3 Å². The molecule has 0 heterocycles. The molecule has 0 aliphatic rings. The number of carbonyl (C=O) groups is 1. The van der Waals surface area contributed by atoms with Gasteiger partial charge in [0, 0.05) is 13.4 Å². The van der Waals surface area contributed by atoms with Gasteiger partial charge < -0.3 is 20.5 Å². The van der Waals surface area contributed by atoms with E-state index in [9.17, 15) is 13.2 Å². The zero-order chi connectivity index (χ0) is 20.0. The maximum absolute atomic E-state index is 12.4. The molecule has 0 aliphatic heterocycles. The van der Waals surface area contributed by atoms with E-state index in [-0.39, 0.29) is 23.9 Å². The average molecular weight is 429 g/mol. The van der Waals surface area contributed by atoms with Gasteiger partial charge in [-0.25, -0.2) is 8.42 Å². The number of ether oxygens (including phenoxy) is 2. The van der Waals surface area contributed by atoms with Crippen LogP contribution in [0.25, 0.3) is 0 Å². The van der Waals surface area contributed by atoms with Crippen molar-refractivity contribution < 1.29 is 22.7 Å². The van der Waals surface area contributed by atoms with Crippen molar-refractivity contribution in [3.05, 3.63) is 59.7 Å². The summed E-state index contributed by atoms with van der Waals surface area (Å²) in [7, 11) is -0.357. The number of amides is 1. The minimum atomic E-state index is -3.38. The molecular formula is C19H25ClN2O5S. The predicted molar refractivity (Wildman–Crippen MR) is 110 cm³/mol. The van der Waals surface area contributed by atoms with Crippen LogP contribution in [0.15, 0.2) is 53.4 Å². The van der Waals surface area contributed by atoms with Gasteiger partial charge in [0.2, 0.25) is 5.91 Å². The second kappa shape index (κ2) is 10.4. The Morgan fingerprint density at radius 1 is 1.11 bits per heavy atom. The highest BCUT2D eigenvalue weighted by Crippen LogP contribution is 2.26. The minimum absolute atomic E-state index is 0. The summed E-state index contributed by atoms with van der Waals surface area (Å²) in [5.41, 5.74) is 7.21. The molecule has 28 heavy (non-hydrogen) atoms. The Bertz CT molecular complexity index is 887. The van der Waals surface area contributed by atoms with E-state index in [4.69, 9.17) is 15.2 Å². The monoisotopic (exact) mass is 428 g/mol. The molecule has 2 rings (SSSR count). The fraction of sp³-hybridized carbons (Fsp3) is 0.316. The van der Waals surface area contributed by atoms with Crippen LogP contribution in [-0.2, 0) is 19.4 Å². The summed E-state index contributed by atoms with van der Waals surface area (Å²) in [5.74, 6) is 0.271. The standard InChI is InChI=1S/C19H24N2O5S.ClH/c1-25-12-17(20)19(22)21-18(13-7-9-15(26-2)10-8-13)14-5-4-6-16(11-14)27(3,23)24;/h4-11,17-18H,12,20H2,1-3H3,(H,21,22);1H. The summed E-state index contributed by atoms with van der Waals surface area (Å²) < 4.78 is 33.9. The second-order valence-electron chi connectivity index (χ2n) is 6.12. The maximum Gasteiger partial charge on any atom is 0.240 e. The molecule has 0 spiro atoms. The molecule has 2 unspecified atom stereocenters. The summed E-state index contributed by atoms with van der Waals surface area (Å²) in [4.78, 5) is 12.6. The lowest BCUT2D eigenvalue weighted by molar-refractivity contribution is -0.123. The molecule has 2 atom stereocenters. The van der Waals surface area contributed by atoms with E-state index in [2.05, 4.69) is 5.32 Å². The van der Waals surface area contributed by atoms with Crippen LogP contribution in [0, 0.1) is 0 Å². The Morgan fingerprint density at radius 2 is 1.75 bits per heavy atom. The van der Waals surface area contributed by atoms with Crippen LogP contribution < -0.4 is 15.8 Å². The summed E-state index contributed by atoms with van der Waals surface area (Å²) >= 11 is 0. The van der Waals surface area contributed by atoms with Crippen molar-refractivity contribution in [3.8, 4) is 5.75 Å². The van der Waals surface area contributed by atoms with Gasteiger partial charge in [-0.3, -0.25) is 4.79 Å². The van der Waals surface area contributed by atoms with Crippen molar-refractivity contribution in [2.45, 2.75) is 17.0 Å². The molecule has 0 radical (unpaired) electrons. The SMILES string of the molecule is COCC(N)C(=O)NC(c1ccc(OC)cc1)c1cccc(S(C)(=O)=O)c1.Cl. The predicted octanol–water partition coefficient (Wildman–Crippen LogP) is 1.70. The van der Waals surface area contributed by atoms with Crippen molar-refractivity contribution in [2.75, 3.05) is 27.1 Å². The number of methoxy groups -OCH3 is 2. The van der Waals surface area contributed by atoms with E-state index in [0.29, 0.717) is 11.3 Å². The van der Waals surface area contributed by atoms with Gasteiger partial charge in [0.05, 0.1) is 24.7 Å². The third-order valence-corrected chi connectivity index (χ3v) is 5.15. The van der Waals surface area contributed by atoms with E-state index in [1.165, 1.54) is 13.2 Å². The molecule has 1 amide bonds. The number of nitrogens with one attached hydrogen (secondary N) is 1. The molecule has 0 bridgehead atoms. The quantitative estimate of drug-likeness (QED) is 0.662. The van der Waals surface area contributed by atoms with Crippen molar-refractivity contribution >= 4 is 28.2 Å². The van der Waals surface area contributed by atoms with E-state index >= 15 is 0 Å². The summed E-state index contributed by atoms with van der Waals surface area (Å²) in [6.07, 6.45) is 1.14. The smallest absolute Gasteiger partial charge is 0.240 e. The van der Waals surface area contributed by atoms with Gasteiger partial charge in [-0.05, 0) is 35.4 Å². The first-order chi connectivity index (χ1) is 12.8. The van der Waals surface area contributed by atoms with Crippen LogP contribution >= 0.6 is 12.4 Å². The number of halogens is 1. The number of hydrogen-bond donors (Lipinski definition) is 2. The van der Waals surface area contributed by atoms with E-state index in [1.54, 1.807) is 49.6 Å². The molecule has 9 heteroatoms. The number of sulfone groups is 1. The van der Waals surface area contributed by atoms with Gasteiger partial charge in [0.1, 0.15) is 11.8 Å². The van der Waals surface area contributed by atoms with Crippen LogP contribution in [0.4, 0.5) is 0 Å².